The molecule has 2 aromatic rings. The Kier molecular flexibility index (Phi) is 6.80. The minimum absolute atomic E-state index is 0.0940. The number of furan rings is 1. The number of benzene rings is 1. The van der Waals surface area contributed by atoms with Crippen molar-refractivity contribution in [2.24, 2.45) is 0 Å². The summed E-state index contributed by atoms with van der Waals surface area (Å²) in [5, 5.41) is 2.87. The summed E-state index contributed by atoms with van der Waals surface area (Å²) in [6.45, 7) is 5.24. The number of methoxy groups -OCH3 is 2. The van der Waals surface area contributed by atoms with Gasteiger partial charge in [0.1, 0.15) is 23.6 Å². The highest BCUT2D eigenvalue weighted by Gasteiger charge is 2.20. The van der Waals surface area contributed by atoms with Crippen molar-refractivity contribution in [2.45, 2.75) is 20.4 Å². The second-order valence-electron chi connectivity index (χ2n) is 5.91. The monoisotopic (exact) mass is 361 g/mol. The Balaban J connectivity index is 1.95. The van der Waals surface area contributed by atoms with E-state index >= 15 is 0 Å². The first kappa shape index (κ1) is 19.5. The lowest BCUT2D eigenvalue weighted by molar-refractivity contribution is -0.904. The molecule has 1 unspecified atom stereocenters. The van der Waals surface area contributed by atoms with Crippen LogP contribution in [0.3, 0.4) is 0 Å². The molecule has 0 bridgehead atoms. The van der Waals surface area contributed by atoms with Gasteiger partial charge in [0.15, 0.2) is 12.3 Å². The lowest BCUT2D eigenvalue weighted by Crippen LogP contribution is -3.11. The Labute approximate surface area is 152 Å². The van der Waals surface area contributed by atoms with Gasteiger partial charge in [-0.15, -0.1) is 0 Å². The summed E-state index contributed by atoms with van der Waals surface area (Å²) in [5.41, 5.74) is 1.13. The first-order valence-electron chi connectivity index (χ1n) is 8.41. The van der Waals surface area contributed by atoms with Crippen molar-refractivity contribution < 1.29 is 28.4 Å². The molecule has 0 aliphatic heterocycles. The van der Waals surface area contributed by atoms with E-state index in [0.29, 0.717) is 29.3 Å². The molecule has 0 aliphatic carbocycles. The van der Waals surface area contributed by atoms with Gasteiger partial charge in [0.05, 0.1) is 20.8 Å². The highest BCUT2D eigenvalue weighted by molar-refractivity contribution is 5.91. The molecule has 140 valence electrons. The molecule has 1 atom stereocenters. The van der Waals surface area contributed by atoms with Gasteiger partial charge in [0.25, 0.3) is 5.91 Å². The number of likely N-dealkylation sites (N-methyl/N-ethyl adjacent to an activating group) is 1. The maximum absolute atomic E-state index is 12.3. The van der Waals surface area contributed by atoms with Gasteiger partial charge >= 0.3 is 5.97 Å². The molecule has 0 aliphatic rings. The van der Waals surface area contributed by atoms with E-state index in [1.165, 1.54) is 7.11 Å². The fourth-order valence-electron chi connectivity index (χ4n) is 2.61. The Bertz CT molecular complexity index is 752. The zero-order valence-corrected chi connectivity index (χ0v) is 15.5. The van der Waals surface area contributed by atoms with Crippen LogP contribution in [0.25, 0.3) is 0 Å². The van der Waals surface area contributed by atoms with Gasteiger partial charge in [-0.3, -0.25) is 4.79 Å². The number of ether oxygens (including phenoxy) is 2. The zero-order chi connectivity index (χ0) is 19.1. The van der Waals surface area contributed by atoms with Crippen molar-refractivity contribution in [1.29, 1.82) is 0 Å². The van der Waals surface area contributed by atoms with E-state index in [2.05, 4.69) is 5.32 Å². The number of aryl methyl sites for hydroxylation is 1. The van der Waals surface area contributed by atoms with Crippen LogP contribution in [0.1, 0.15) is 28.8 Å². The zero-order valence-electron chi connectivity index (χ0n) is 15.5. The molecule has 0 spiro atoms. The van der Waals surface area contributed by atoms with Gasteiger partial charge < -0.3 is 24.1 Å². The molecule has 0 radical (unpaired) electrons. The van der Waals surface area contributed by atoms with E-state index in [1.54, 1.807) is 44.4 Å². The van der Waals surface area contributed by atoms with Gasteiger partial charge in [0, 0.05) is 11.8 Å². The topological polar surface area (TPSA) is 82.2 Å². The summed E-state index contributed by atoms with van der Waals surface area (Å²) in [5.74, 6) is 1.39. The van der Waals surface area contributed by atoms with Crippen LogP contribution >= 0.6 is 0 Å². The average Bonchev–Trinajstić information content (AvgIpc) is 3.01. The largest absolute Gasteiger partial charge is 0.497 e. The third-order valence-corrected chi connectivity index (χ3v) is 4.08. The van der Waals surface area contributed by atoms with Gasteiger partial charge in [-0.05, 0) is 38.1 Å². The Morgan fingerprint density at radius 2 is 1.88 bits per heavy atom. The third-order valence-electron chi connectivity index (χ3n) is 4.08. The second kappa shape index (κ2) is 9.05. The maximum atomic E-state index is 12.3. The first-order valence-corrected chi connectivity index (χ1v) is 8.41. The number of quaternary nitrogens is 1. The predicted octanol–water partition coefficient (Wildman–Crippen LogP) is 1.43. The molecule has 0 fully saturated rings. The van der Waals surface area contributed by atoms with Gasteiger partial charge in [0.2, 0.25) is 0 Å². The van der Waals surface area contributed by atoms with Crippen molar-refractivity contribution in [3.05, 3.63) is 47.4 Å². The van der Waals surface area contributed by atoms with Crippen molar-refractivity contribution >= 4 is 17.6 Å². The summed E-state index contributed by atoms with van der Waals surface area (Å²) in [7, 11) is 2.93. The highest BCUT2D eigenvalue weighted by Crippen LogP contribution is 2.15. The standard InChI is InChI=1S/C19H24N2O5/c1-5-21(11-16-10-17(13(2)26-16)19(23)25-4)12-18(22)20-14-6-8-15(24-3)9-7-14/h6-10H,5,11-12H2,1-4H3,(H,20,22)/p+1. The number of amides is 1. The van der Waals surface area contributed by atoms with E-state index in [9.17, 15) is 9.59 Å². The maximum Gasteiger partial charge on any atom is 0.341 e. The van der Waals surface area contributed by atoms with E-state index in [0.717, 1.165) is 17.2 Å². The number of carbonyl (C=O) groups is 2. The summed E-state index contributed by atoms with van der Waals surface area (Å²) in [4.78, 5) is 25.0. The van der Waals surface area contributed by atoms with Crippen molar-refractivity contribution in [3.8, 4) is 5.75 Å². The fraction of sp³-hybridized carbons (Fsp3) is 0.368. The van der Waals surface area contributed by atoms with Crippen molar-refractivity contribution in [2.75, 3.05) is 32.6 Å². The predicted molar refractivity (Wildman–Crippen MR) is 96.5 cm³/mol. The van der Waals surface area contributed by atoms with Crippen LogP contribution in [0.15, 0.2) is 34.7 Å². The molecule has 2 N–H and O–H groups in total. The smallest absolute Gasteiger partial charge is 0.341 e. The van der Waals surface area contributed by atoms with Gasteiger partial charge in [-0.1, -0.05) is 0 Å². The summed E-state index contributed by atoms with van der Waals surface area (Å²) in [6, 6.07) is 8.85. The molecule has 7 nitrogen and oxygen atoms in total. The van der Waals surface area contributed by atoms with Crippen molar-refractivity contribution in [1.82, 2.24) is 0 Å². The van der Waals surface area contributed by atoms with Crippen LogP contribution in [-0.2, 0) is 16.1 Å². The minimum Gasteiger partial charge on any atom is -0.497 e. The quantitative estimate of drug-likeness (QED) is 0.695. The van der Waals surface area contributed by atoms with E-state index < -0.39 is 5.97 Å². The first-order chi connectivity index (χ1) is 12.5. The Morgan fingerprint density at radius 1 is 1.19 bits per heavy atom. The number of carbonyl (C=O) groups excluding carboxylic acids is 2. The molecular weight excluding hydrogens is 336 g/mol. The number of nitrogens with one attached hydrogen (secondary N) is 2. The summed E-state index contributed by atoms with van der Waals surface area (Å²) in [6.07, 6.45) is 0. The molecule has 1 amide bonds. The molecular formula is C19H25N2O5+. The van der Waals surface area contributed by atoms with Crippen LogP contribution < -0.4 is 15.0 Å². The molecule has 2 rings (SSSR count). The van der Waals surface area contributed by atoms with Crippen molar-refractivity contribution in [3.63, 3.8) is 0 Å². The lowest BCUT2D eigenvalue weighted by Gasteiger charge is -2.16. The lowest BCUT2D eigenvalue weighted by atomic mass is 10.2. The average molecular weight is 361 g/mol. The van der Waals surface area contributed by atoms with Crippen LogP contribution in [0.5, 0.6) is 5.75 Å². The normalized spacial score (nSPS) is 11.7. The molecule has 0 saturated heterocycles. The van der Waals surface area contributed by atoms with Gasteiger partial charge in [-0.25, -0.2) is 4.79 Å². The Hall–Kier alpha value is -2.80. The van der Waals surface area contributed by atoms with Crippen LogP contribution in [0, 0.1) is 6.92 Å². The van der Waals surface area contributed by atoms with E-state index in [-0.39, 0.29) is 12.5 Å². The SMILES string of the molecule is CC[NH+](CC(=O)Nc1ccc(OC)cc1)Cc1cc(C(=O)OC)c(C)o1. The molecule has 7 heteroatoms. The van der Waals surface area contributed by atoms with Crippen LogP contribution in [-0.4, -0.2) is 39.2 Å². The van der Waals surface area contributed by atoms with Gasteiger partial charge in [-0.2, -0.15) is 0 Å². The molecule has 1 heterocycles. The highest BCUT2D eigenvalue weighted by atomic mass is 16.5. The van der Waals surface area contributed by atoms with E-state index in [1.807, 2.05) is 6.92 Å². The second-order valence-corrected chi connectivity index (χ2v) is 5.91. The molecule has 1 aromatic carbocycles. The number of rotatable bonds is 8. The van der Waals surface area contributed by atoms with E-state index in [4.69, 9.17) is 13.9 Å². The summed E-state index contributed by atoms with van der Waals surface area (Å²) < 4.78 is 15.5. The Morgan fingerprint density at radius 3 is 2.46 bits per heavy atom. The molecule has 1 aromatic heterocycles. The molecule has 26 heavy (non-hydrogen) atoms. The van der Waals surface area contributed by atoms with Crippen LogP contribution in [0.4, 0.5) is 5.69 Å². The third kappa shape index (κ3) is 5.10. The van der Waals surface area contributed by atoms with Crippen LogP contribution in [0.2, 0.25) is 0 Å². The number of esters is 1. The minimum atomic E-state index is -0.423. The number of anilines is 1. The number of hydrogen-bond acceptors (Lipinski definition) is 5. The number of hydrogen-bond donors (Lipinski definition) is 2. The molecule has 0 saturated carbocycles. The fourth-order valence-corrected chi connectivity index (χ4v) is 2.61. The summed E-state index contributed by atoms with van der Waals surface area (Å²) >= 11 is 0.